The van der Waals surface area contributed by atoms with E-state index in [0.29, 0.717) is 6.61 Å². The highest BCUT2D eigenvalue weighted by atomic mass is 16.6. The molecule has 1 aliphatic heterocycles. The van der Waals surface area contributed by atoms with Crippen LogP contribution in [0.5, 0.6) is 5.75 Å². The fourth-order valence-corrected chi connectivity index (χ4v) is 4.98. The van der Waals surface area contributed by atoms with Gasteiger partial charge >= 0.3 is 0 Å². The van der Waals surface area contributed by atoms with E-state index in [1.54, 1.807) is 0 Å². The van der Waals surface area contributed by atoms with Crippen LogP contribution in [-0.4, -0.2) is 19.3 Å². The van der Waals surface area contributed by atoms with E-state index < -0.39 is 0 Å². The molecule has 152 valence electrons. The topological polar surface area (TPSA) is 21.8 Å². The zero-order chi connectivity index (χ0) is 20.8. The van der Waals surface area contributed by atoms with Crippen LogP contribution in [0.4, 0.5) is 0 Å². The molecule has 1 heterocycles. The summed E-state index contributed by atoms with van der Waals surface area (Å²) in [7, 11) is 0. The molecule has 0 N–H and O–H groups in total. The number of ether oxygens (including phenoxy) is 2. The fourth-order valence-electron chi connectivity index (χ4n) is 4.98. The molecule has 0 spiro atoms. The summed E-state index contributed by atoms with van der Waals surface area (Å²) in [6, 6.07) is 35.3. The van der Waals surface area contributed by atoms with Gasteiger partial charge in [0.1, 0.15) is 18.5 Å². The second-order valence-corrected chi connectivity index (χ2v) is 8.50. The number of hydrogen-bond donors (Lipinski definition) is 0. The smallest absolute Gasteiger partial charge is 0.119 e. The minimum absolute atomic E-state index is 0.257. The van der Waals surface area contributed by atoms with Crippen molar-refractivity contribution in [3.8, 4) is 16.9 Å². The van der Waals surface area contributed by atoms with Crippen molar-refractivity contribution < 1.29 is 9.47 Å². The van der Waals surface area contributed by atoms with Gasteiger partial charge in [-0.2, -0.15) is 0 Å². The van der Waals surface area contributed by atoms with E-state index in [9.17, 15) is 0 Å². The Hall–Kier alpha value is -3.36. The molecule has 0 aromatic heterocycles. The van der Waals surface area contributed by atoms with Crippen molar-refractivity contribution in [2.75, 3.05) is 13.2 Å². The summed E-state index contributed by atoms with van der Waals surface area (Å²) in [6.45, 7) is 3.57. The van der Waals surface area contributed by atoms with Gasteiger partial charge in [0.05, 0.1) is 12.0 Å². The summed E-state index contributed by atoms with van der Waals surface area (Å²) < 4.78 is 11.2. The Bertz CT molecular complexity index is 1190. The molecule has 1 unspecified atom stereocenters. The summed E-state index contributed by atoms with van der Waals surface area (Å²) in [5.74, 6) is 0.887. The quantitative estimate of drug-likeness (QED) is 0.328. The van der Waals surface area contributed by atoms with Gasteiger partial charge in [-0.25, -0.2) is 0 Å². The zero-order valence-corrected chi connectivity index (χ0v) is 17.5. The minimum atomic E-state index is -0.348. The summed E-state index contributed by atoms with van der Waals surface area (Å²) in [4.78, 5) is 0. The number of fused-ring (bicyclic) bond motifs is 3. The first-order valence-electron chi connectivity index (χ1n) is 10.9. The van der Waals surface area contributed by atoms with E-state index in [1.807, 2.05) is 0 Å². The Morgan fingerprint density at radius 1 is 0.742 bits per heavy atom. The van der Waals surface area contributed by atoms with Crippen molar-refractivity contribution in [3.05, 3.63) is 125 Å². The van der Waals surface area contributed by atoms with E-state index in [1.165, 1.54) is 38.9 Å². The van der Waals surface area contributed by atoms with Crippen LogP contribution in [0.15, 0.2) is 97.1 Å². The molecule has 4 aromatic rings. The first-order valence-corrected chi connectivity index (χ1v) is 10.9. The lowest BCUT2D eigenvalue weighted by Gasteiger charge is -2.34. The molecule has 0 radical (unpaired) electrons. The van der Waals surface area contributed by atoms with Crippen LogP contribution < -0.4 is 4.74 Å². The molecule has 1 fully saturated rings. The largest absolute Gasteiger partial charge is 0.491 e. The molecule has 0 amide bonds. The lowest BCUT2D eigenvalue weighted by Crippen LogP contribution is -2.28. The molecular weight excluding hydrogens is 380 g/mol. The van der Waals surface area contributed by atoms with Crippen molar-refractivity contribution in [1.29, 1.82) is 0 Å². The van der Waals surface area contributed by atoms with E-state index in [4.69, 9.17) is 9.47 Å². The van der Waals surface area contributed by atoms with Gasteiger partial charge in [-0.1, -0.05) is 90.5 Å². The SMILES string of the molecule is Cc1ccc(C2(c3ccc(OCC4CO4)cc3)c3ccccc3-c3ccccc32)cc1. The maximum atomic E-state index is 5.92. The molecule has 31 heavy (non-hydrogen) atoms. The van der Waals surface area contributed by atoms with Crippen LogP contribution in [0, 0.1) is 6.92 Å². The van der Waals surface area contributed by atoms with Crippen LogP contribution in [0.2, 0.25) is 0 Å². The summed E-state index contributed by atoms with van der Waals surface area (Å²) in [5.41, 5.74) is 8.75. The summed E-state index contributed by atoms with van der Waals surface area (Å²) in [5, 5.41) is 0. The number of epoxide rings is 1. The Balaban J connectivity index is 1.57. The molecular formula is C29H24O2. The average molecular weight is 405 g/mol. The van der Waals surface area contributed by atoms with Crippen LogP contribution in [0.1, 0.15) is 27.8 Å². The third kappa shape index (κ3) is 2.90. The second kappa shape index (κ2) is 7.11. The Labute approximate surface area is 183 Å². The van der Waals surface area contributed by atoms with Gasteiger partial charge in [0, 0.05) is 0 Å². The molecule has 4 aromatic carbocycles. The van der Waals surface area contributed by atoms with Crippen LogP contribution >= 0.6 is 0 Å². The maximum Gasteiger partial charge on any atom is 0.119 e. The van der Waals surface area contributed by atoms with Crippen molar-refractivity contribution in [3.63, 3.8) is 0 Å². The first kappa shape index (κ1) is 18.4. The molecule has 1 aliphatic carbocycles. The highest BCUT2D eigenvalue weighted by Gasteiger charge is 2.45. The van der Waals surface area contributed by atoms with Crippen molar-refractivity contribution >= 4 is 0 Å². The van der Waals surface area contributed by atoms with Gasteiger partial charge in [-0.15, -0.1) is 0 Å². The van der Waals surface area contributed by atoms with E-state index >= 15 is 0 Å². The van der Waals surface area contributed by atoms with Gasteiger partial charge in [0.25, 0.3) is 0 Å². The average Bonchev–Trinajstić information content (AvgIpc) is 3.61. The van der Waals surface area contributed by atoms with Gasteiger partial charge in [-0.05, 0) is 52.4 Å². The maximum absolute atomic E-state index is 5.92. The van der Waals surface area contributed by atoms with Gasteiger partial charge in [0.15, 0.2) is 0 Å². The third-order valence-corrected chi connectivity index (χ3v) is 6.56. The number of benzene rings is 4. The Kier molecular flexibility index (Phi) is 4.22. The lowest BCUT2D eigenvalue weighted by atomic mass is 9.67. The number of hydrogen-bond acceptors (Lipinski definition) is 2. The highest BCUT2D eigenvalue weighted by Crippen LogP contribution is 2.56. The minimum Gasteiger partial charge on any atom is -0.491 e. The van der Waals surface area contributed by atoms with Crippen LogP contribution in [0.3, 0.4) is 0 Å². The highest BCUT2D eigenvalue weighted by molar-refractivity contribution is 5.86. The summed E-state index contributed by atoms with van der Waals surface area (Å²) in [6.07, 6.45) is 0.257. The monoisotopic (exact) mass is 404 g/mol. The number of rotatable bonds is 5. The molecule has 1 saturated heterocycles. The lowest BCUT2D eigenvalue weighted by molar-refractivity contribution is 0.263. The van der Waals surface area contributed by atoms with Crippen LogP contribution in [-0.2, 0) is 10.2 Å². The van der Waals surface area contributed by atoms with E-state index in [0.717, 1.165) is 12.4 Å². The predicted molar refractivity (Wildman–Crippen MR) is 124 cm³/mol. The molecule has 2 heteroatoms. The van der Waals surface area contributed by atoms with Crippen molar-refractivity contribution in [2.24, 2.45) is 0 Å². The molecule has 1 atom stereocenters. The normalized spacial score (nSPS) is 17.6. The Morgan fingerprint density at radius 2 is 1.26 bits per heavy atom. The molecule has 2 nitrogen and oxygen atoms in total. The fraction of sp³-hybridized carbons (Fsp3) is 0.172. The van der Waals surface area contributed by atoms with E-state index in [2.05, 4.69) is 104 Å². The van der Waals surface area contributed by atoms with Gasteiger partial charge in [0.2, 0.25) is 0 Å². The second-order valence-electron chi connectivity index (χ2n) is 8.50. The van der Waals surface area contributed by atoms with Gasteiger partial charge in [-0.3, -0.25) is 0 Å². The van der Waals surface area contributed by atoms with Gasteiger partial charge < -0.3 is 9.47 Å². The molecule has 0 saturated carbocycles. The molecule has 2 aliphatic rings. The third-order valence-electron chi connectivity index (χ3n) is 6.56. The van der Waals surface area contributed by atoms with Crippen molar-refractivity contribution in [1.82, 2.24) is 0 Å². The van der Waals surface area contributed by atoms with Crippen molar-refractivity contribution in [2.45, 2.75) is 18.4 Å². The summed E-state index contributed by atoms with van der Waals surface area (Å²) >= 11 is 0. The molecule has 6 rings (SSSR count). The Morgan fingerprint density at radius 3 is 1.81 bits per heavy atom. The number of aryl methyl sites for hydroxylation is 1. The predicted octanol–water partition coefficient (Wildman–Crippen LogP) is 6.14. The van der Waals surface area contributed by atoms with E-state index in [-0.39, 0.29) is 11.5 Å². The van der Waals surface area contributed by atoms with Crippen LogP contribution in [0.25, 0.3) is 11.1 Å². The molecule has 0 bridgehead atoms. The standard InChI is InChI=1S/C29H24O2/c1-20-10-12-21(13-11-20)29(22-14-16-23(17-15-22)30-18-24-19-31-24)27-8-4-2-6-25(27)26-7-3-5-9-28(26)29/h2-17,24H,18-19H2,1H3. The zero-order valence-electron chi connectivity index (χ0n) is 17.5. The first-order chi connectivity index (χ1) is 15.3.